The summed E-state index contributed by atoms with van der Waals surface area (Å²) in [5, 5.41) is 0. The van der Waals surface area contributed by atoms with Gasteiger partial charge < -0.3 is 14.2 Å². The third-order valence-corrected chi connectivity index (χ3v) is 10.8. The summed E-state index contributed by atoms with van der Waals surface area (Å²) in [6.07, 6.45) is 74.0. The number of hydrogen-bond donors (Lipinski definition) is 0. The van der Waals surface area contributed by atoms with Crippen LogP contribution in [-0.4, -0.2) is 37.9 Å². The standard InChI is InChI=1S/C59H98O5/c1-4-7-10-13-16-19-22-25-27-29-31-33-36-39-42-45-48-51-54-62-55-57(64-59(61)53-50-47-44-41-38-34-24-21-18-15-12-9-6-3)56-63-58(60)52-49-46-43-40-37-35-32-30-28-26-23-20-17-14-11-8-5-2/h8-9,11-12,16-21,25-28,34,38,44,47,57H,4-7,10,13-15,22-24,29-33,35-37,39-43,45-46,48-56H2,1-3H3/b11-8-,12-9-,19-16-,20-17-,21-18-,27-25-,28-26-,38-34-,47-44-. The Morgan fingerprint density at radius 1 is 0.359 bits per heavy atom. The first-order chi connectivity index (χ1) is 31.6. The predicted octanol–water partition coefficient (Wildman–Crippen LogP) is 18.0. The zero-order chi connectivity index (χ0) is 46.3. The second-order valence-corrected chi connectivity index (χ2v) is 17.0. The van der Waals surface area contributed by atoms with Crippen molar-refractivity contribution in [3.63, 3.8) is 0 Å². The summed E-state index contributed by atoms with van der Waals surface area (Å²) in [6.45, 7) is 7.47. The molecule has 1 unspecified atom stereocenters. The van der Waals surface area contributed by atoms with Crippen LogP contribution >= 0.6 is 0 Å². The van der Waals surface area contributed by atoms with Crippen molar-refractivity contribution in [2.75, 3.05) is 19.8 Å². The average Bonchev–Trinajstić information content (AvgIpc) is 3.30. The molecular formula is C59H98O5. The summed E-state index contributed by atoms with van der Waals surface area (Å²) < 4.78 is 17.3. The number of hydrogen-bond acceptors (Lipinski definition) is 5. The van der Waals surface area contributed by atoms with Crippen LogP contribution in [0, 0.1) is 0 Å². The van der Waals surface area contributed by atoms with Crippen molar-refractivity contribution in [3.05, 3.63) is 109 Å². The molecule has 64 heavy (non-hydrogen) atoms. The van der Waals surface area contributed by atoms with E-state index in [1.807, 2.05) is 6.08 Å². The van der Waals surface area contributed by atoms with Crippen LogP contribution in [0.15, 0.2) is 109 Å². The molecule has 0 aromatic rings. The van der Waals surface area contributed by atoms with E-state index in [4.69, 9.17) is 14.2 Å². The van der Waals surface area contributed by atoms with Crippen LogP contribution in [-0.2, 0) is 23.8 Å². The van der Waals surface area contributed by atoms with Crippen molar-refractivity contribution in [2.45, 2.75) is 232 Å². The molecule has 0 heterocycles. The summed E-state index contributed by atoms with van der Waals surface area (Å²) in [7, 11) is 0. The lowest BCUT2D eigenvalue weighted by Crippen LogP contribution is -2.30. The van der Waals surface area contributed by atoms with Gasteiger partial charge in [-0.15, -0.1) is 0 Å². The molecule has 0 aliphatic heterocycles. The van der Waals surface area contributed by atoms with Crippen LogP contribution < -0.4 is 0 Å². The molecule has 0 aliphatic carbocycles. The van der Waals surface area contributed by atoms with Crippen LogP contribution in [0.4, 0.5) is 0 Å². The highest BCUT2D eigenvalue weighted by Crippen LogP contribution is 2.13. The van der Waals surface area contributed by atoms with Crippen molar-refractivity contribution in [1.82, 2.24) is 0 Å². The van der Waals surface area contributed by atoms with Crippen molar-refractivity contribution in [3.8, 4) is 0 Å². The lowest BCUT2D eigenvalue weighted by molar-refractivity contribution is -0.162. The van der Waals surface area contributed by atoms with Gasteiger partial charge in [-0.1, -0.05) is 214 Å². The van der Waals surface area contributed by atoms with Gasteiger partial charge in [0.2, 0.25) is 0 Å². The zero-order valence-corrected chi connectivity index (χ0v) is 41.8. The first kappa shape index (κ1) is 60.6. The molecule has 364 valence electrons. The molecule has 0 aromatic carbocycles. The number of carbonyl (C=O) groups excluding carboxylic acids is 2. The molecular weight excluding hydrogens is 789 g/mol. The van der Waals surface area contributed by atoms with E-state index in [-0.39, 0.29) is 31.6 Å². The van der Waals surface area contributed by atoms with Gasteiger partial charge in [0.1, 0.15) is 6.61 Å². The Kier molecular flexibility index (Phi) is 51.0. The molecule has 1 atom stereocenters. The third kappa shape index (κ3) is 51.2. The van der Waals surface area contributed by atoms with Gasteiger partial charge >= 0.3 is 11.9 Å². The maximum absolute atomic E-state index is 12.8. The monoisotopic (exact) mass is 887 g/mol. The van der Waals surface area contributed by atoms with E-state index in [1.54, 1.807) is 0 Å². The molecule has 0 aromatic heterocycles. The van der Waals surface area contributed by atoms with Crippen molar-refractivity contribution in [2.24, 2.45) is 0 Å². The van der Waals surface area contributed by atoms with E-state index < -0.39 is 6.10 Å². The quantitative estimate of drug-likeness (QED) is 0.0346. The Bertz CT molecular complexity index is 1280. The second kappa shape index (κ2) is 53.9. The SMILES string of the molecule is CC/C=C\C/C=C\C/C=C\C/C=C\CCC(=O)OC(COCCCCCCCCCC/C=C\C/C=C\CCCCC)COC(=O)CCCCCCCCC/C=C\C/C=C\C/C=C\CC. The smallest absolute Gasteiger partial charge is 0.306 e. The van der Waals surface area contributed by atoms with E-state index >= 15 is 0 Å². The normalized spacial score (nSPS) is 13.1. The maximum atomic E-state index is 12.8. The van der Waals surface area contributed by atoms with Gasteiger partial charge in [-0.2, -0.15) is 0 Å². The summed E-state index contributed by atoms with van der Waals surface area (Å²) in [5.41, 5.74) is 0. The van der Waals surface area contributed by atoms with E-state index in [0.29, 0.717) is 19.4 Å². The summed E-state index contributed by atoms with van der Waals surface area (Å²) in [4.78, 5) is 25.4. The van der Waals surface area contributed by atoms with Gasteiger partial charge in [-0.3, -0.25) is 9.59 Å². The van der Waals surface area contributed by atoms with Gasteiger partial charge in [0.15, 0.2) is 6.10 Å². The van der Waals surface area contributed by atoms with Crippen molar-refractivity contribution >= 4 is 11.9 Å². The highest BCUT2D eigenvalue weighted by atomic mass is 16.6. The molecule has 0 saturated heterocycles. The molecule has 0 radical (unpaired) electrons. The van der Waals surface area contributed by atoms with Gasteiger partial charge in [-0.25, -0.2) is 0 Å². The van der Waals surface area contributed by atoms with E-state index in [9.17, 15) is 9.59 Å². The molecule has 0 bridgehead atoms. The molecule has 5 nitrogen and oxygen atoms in total. The number of ether oxygens (including phenoxy) is 3. The van der Waals surface area contributed by atoms with Crippen LogP contribution in [0.2, 0.25) is 0 Å². The predicted molar refractivity (Wildman–Crippen MR) is 279 cm³/mol. The minimum absolute atomic E-state index is 0.0432. The van der Waals surface area contributed by atoms with E-state index in [0.717, 1.165) is 89.9 Å². The highest BCUT2D eigenvalue weighted by molar-refractivity contribution is 5.70. The van der Waals surface area contributed by atoms with Crippen LogP contribution in [0.25, 0.3) is 0 Å². The molecule has 0 fully saturated rings. The van der Waals surface area contributed by atoms with Gasteiger partial charge in [0, 0.05) is 19.4 Å². The number of allylic oxidation sites excluding steroid dienone is 18. The lowest BCUT2D eigenvalue weighted by atomic mass is 10.1. The van der Waals surface area contributed by atoms with Crippen LogP contribution in [0.3, 0.4) is 0 Å². The summed E-state index contributed by atoms with van der Waals surface area (Å²) >= 11 is 0. The Morgan fingerprint density at radius 2 is 0.734 bits per heavy atom. The van der Waals surface area contributed by atoms with Gasteiger partial charge in [0.05, 0.1) is 6.61 Å². The number of unbranched alkanes of at least 4 members (excludes halogenated alkanes) is 18. The molecule has 5 heteroatoms. The summed E-state index contributed by atoms with van der Waals surface area (Å²) in [6, 6.07) is 0. The molecule has 0 saturated carbocycles. The Labute approximate surface area is 395 Å². The average molecular weight is 887 g/mol. The fourth-order valence-electron chi connectivity index (χ4n) is 6.92. The molecule has 0 amide bonds. The fourth-order valence-corrected chi connectivity index (χ4v) is 6.92. The third-order valence-electron chi connectivity index (χ3n) is 10.8. The Hall–Kier alpha value is -3.44. The summed E-state index contributed by atoms with van der Waals surface area (Å²) in [5.74, 6) is -0.509. The molecule has 0 N–H and O–H groups in total. The Morgan fingerprint density at radius 3 is 1.19 bits per heavy atom. The van der Waals surface area contributed by atoms with Gasteiger partial charge in [0.25, 0.3) is 0 Å². The Balaban J connectivity index is 4.37. The van der Waals surface area contributed by atoms with Crippen LogP contribution in [0.5, 0.6) is 0 Å². The largest absolute Gasteiger partial charge is 0.462 e. The number of esters is 2. The number of carbonyl (C=O) groups is 2. The fraction of sp³-hybridized carbons (Fsp3) is 0.661. The lowest BCUT2D eigenvalue weighted by Gasteiger charge is -2.18. The molecule has 0 aliphatic rings. The van der Waals surface area contributed by atoms with Crippen molar-refractivity contribution in [1.29, 1.82) is 0 Å². The first-order valence-corrected chi connectivity index (χ1v) is 26.4. The maximum Gasteiger partial charge on any atom is 0.306 e. The molecule has 0 spiro atoms. The second-order valence-electron chi connectivity index (χ2n) is 17.0. The van der Waals surface area contributed by atoms with Crippen LogP contribution in [0.1, 0.15) is 226 Å². The van der Waals surface area contributed by atoms with E-state index in [1.165, 1.54) is 96.3 Å². The van der Waals surface area contributed by atoms with E-state index in [2.05, 4.69) is 124 Å². The zero-order valence-electron chi connectivity index (χ0n) is 41.8. The molecule has 0 rings (SSSR count). The highest BCUT2D eigenvalue weighted by Gasteiger charge is 2.17. The topological polar surface area (TPSA) is 61.8 Å². The van der Waals surface area contributed by atoms with Crippen molar-refractivity contribution < 1.29 is 23.8 Å². The first-order valence-electron chi connectivity index (χ1n) is 26.4. The van der Waals surface area contributed by atoms with Gasteiger partial charge in [-0.05, 0) is 109 Å². The number of rotatable bonds is 47. The minimum atomic E-state index is -0.588. The minimum Gasteiger partial charge on any atom is -0.462 e.